The molecule has 0 bridgehead atoms. The van der Waals surface area contributed by atoms with Crippen molar-refractivity contribution < 1.29 is 8.42 Å². The molecule has 114 valence electrons. The summed E-state index contributed by atoms with van der Waals surface area (Å²) in [6, 6.07) is 3.18. The number of hydrogen-bond donors (Lipinski definition) is 2. The van der Waals surface area contributed by atoms with Crippen molar-refractivity contribution in [2.24, 2.45) is 7.05 Å². The fourth-order valence-corrected chi connectivity index (χ4v) is 5.22. The molecule has 0 saturated carbocycles. The van der Waals surface area contributed by atoms with Gasteiger partial charge in [0.1, 0.15) is 4.90 Å². The van der Waals surface area contributed by atoms with Crippen LogP contribution in [0.25, 0.3) is 0 Å². The van der Waals surface area contributed by atoms with Crippen molar-refractivity contribution >= 4 is 53.3 Å². The highest BCUT2D eigenvalue weighted by Gasteiger charge is 2.24. The lowest BCUT2D eigenvalue weighted by Gasteiger charge is -2.12. The molecule has 0 saturated heterocycles. The van der Waals surface area contributed by atoms with Crippen LogP contribution < -0.4 is 10.5 Å². The SMILES string of the molecule is Cc1nn(C)c(C)c1NS(=O)(=O)c1c(N)cc(Br)cc1Br. The Kier molecular flexibility index (Phi) is 4.36. The van der Waals surface area contributed by atoms with Gasteiger partial charge in [-0.2, -0.15) is 5.10 Å². The van der Waals surface area contributed by atoms with E-state index in [4.69, 9.17) is 5.73 Å². The van der Waals surface area contributed by atoms with E-state index in [0.717, 1.165) is 5.69 Å². The molecule has 2 aromatic rings. The summed E-state index contributed by atoms with van der Waals surface area (Å²) < 4.78 is 30.4. The van der Waals surface area contributed by atoms with Crippen LogP contribution in [0, 0.1) is 13.8 Å². The molecule has 0 spiro atoms. The first-order valence-corrected chi connectivity index (χ1v) is 8.98. The quantitative estimate of drug-likeness (QED) is 0.722. The van der Waals surface area contributed by atoms with Crippen molar-refractivity contribution in [2.45, 2.75) is 18.7 Å². The van der Waals surface area contributed by atoms with E-state index in [1.807, 2.05) is 0 Å². The molecule has 0 atom stereocenters. The number of nitrogens with two attached hydrogens (primary N) is 1. The number of sulfonamides is 1. The van der Waals surface area contributed by atoms with Gasteiger partial charge >= 0.3 is 0 Å². The van der Waals surface area contributed by atoms with Crippen molar-refractivity contribution in [3.8, 4) is 0 Å². The fourth-order valence-electron chi connectivity index (χ4n) is 1.97. The lowest BCUT2D eigenvalue weighted by Crippen LogP contribution is -2.16. The first-order chi connectivity index (χ1) is 9.63. The largest absolute Gasteiger partial charge is 0.398 e. The Morgan fingerprint density at radius 1 is 1.29 bits per heavy atom. The van der Waals surface area contributed by atoms with Crippen molar-refractivity contribution in [1.82, 2.24) is 9.78 Å². The van der Waals surface area contributed by atoms with E-state index in [1.165, 1.54) is 0 Å². The summed E-state index contributed by atoms with van der Waals surface area (Å²) in [6.07, 6.45) is 0. The van der Waals surface area contributed by atoms with Gasteiger partial charge in [-0.15, -0.1) is 0 Å². The number of anilines is 2. The minimum atomic E-state index is -3.82. The Morgan fingerprint density at radius 2 is 1.90 bits per heavy atom. The first kappa shape index (κ1) is 16.3. The van der Waals surface area contributed by atoms with Gasteiger partial charge in [0.2, 0.25) is 0 Å². The molecule has 0 aliphatic carbocycles. The van der Waals surface area contributed by atoms with E-state index in [0.29, 0.717) is 20.3 Å². The molecule has 21 heavy (non-hydrogen) atoms. The molecule has 0 aliphatic rings. The number of benzene rings is 1. The van der Waals surface area contributed by atoms with Gasteiger partial charge in [-0.05, 0) is 41.9 Å². The molecule has 0 fully saturated rings. The number of rotatable bonds is 3. The molecule has 1 heterocycles. The minimum Gasteiger partial charge on any atom is -0.398 e. The van der Waals surface area contributed by atoms with E-state index < -0.39 is 10.0 Å². The highest BCUT2D eigenvalue weighted by Crippen LogP contribution is 2.33. The molecule has 0 amide bonds. The molecule has 0 radical (unpaired) electrons. The molecule has 1 aromatic heterocycles. The molecule has 9 heteroatoms. The van der Waals surface area contributed by atoms with Crippen LogP contribution in [-0.2, 0) is 17.1 Å². The Labute approximate surface area is 140 Å². The van der Waals surface area contributed by atoms with E-state index in [2.05, 4.69) is 41.7 Å². The molecule has 2 rings (SSSR count). The highest BCUT2D eigenvalue weighted by atomic mass is 79.9. The number of hydrogen-bond acceptors (Lipinski definition) is 4. The third kappa shape index (κ3) is 3.09. The summed E-state index contributed by atoms with van der Waals surface area (Å²) in [5.74, 6) is 0. The normalized spacial score (nSPS) is 11.7. The van der Waals surface area contributed by atoms with Crippen LogP contribution in [0.5, 0.6) is 0 Å². The predicted octanol–water partition coefficient (Wildman–Crippen LogP) is 2.94. The van der Waals surface area contributed by atoms with E-state index in [9.17, 15) is 8.42 Å². The molecule has 3 N–H and O–H groups in total. The summed E-state index contributed by atoms with van der Waals surface area (Å²) >= 11 is 6.51. The number of nitrogen functional groups attached to an aromatic ring is 1. The zero-order valence-electron chi connectivity index (χ0n) is 11.6. The van der Waals surface area contributed by atoms with Gasteiger partial charge in [0.15, 0.2) is 0 Å². The van der Waals surface area contributed by atoms with Crippen molar-refractivity contribution in [3.05, 3.63) is 32.5 Å². The summed E-state index contributed by atoms with van der Waals surface area (Å²) in [6.45, 7) is 3.53. The summed E-state index contributed by atoms with van der Waals surface area (Å²) in [5.41, 5.74) is 7.79. The van der Waals surface area contributed by atoms with Gasteiger partial charge in [-0.25, -0.2) is 8.42 Å². The molecular weight excluding hydrogens is 424 g/mol. The van der Waals surface area contributed by atoms with Gasteiger partial charge in [0.25, 0.3) is 10.0 Å². The van der Waals surface area contributed by atoms with Crippen LogP contribution in [0.4, 0.5) is 11.4 Å². The number of halogens is 2. The van der Waals surface area contributed by atoms with Crippen molar-refractivity contribution in [1.29, 1.82) is 0 Å². The minimum absolute atomic E-state index is 0.00773. The monoisotopic (exact) mass is 436 g/mol. The Balaban J connectivity index is 2.54. The summed E-state index contributed by atoms with van der Waals surface area (Å²) in [7, 11) is -2.07. The van der Waals surface area contributed by atoms with Gasteiger partial charge in [0.05, 0.1) is 22.8 Å². The first-order valence-electron chi connectivity index (χ1n) is 5.91. The van der Waals surface area contributed by atoms with E-state index in [-0.39, 0.29) is 10.6 Å². The number of nitrogens with zero attached hydrogens (tertiary/aromatic N) is 2. The highest BCUT2D eigenvalue weighted by molar-refractivity contribution is 9.11. The third-order valence-corrected chi connectivity index (χ3v) is 5.86. The maximum Gasteiger partial charge on any atom is 0.265 e. The maximum absolute atomic E-state index is 12.6. The van der Waals surface area contributed by atoms with E-state index in [1.54, 1.807) is 37.7 Å². The van der Waals surface area contributed by atoms with Gasteiger partial charge in [-0.3, -0.25) is 9.40 Å². The second kappa shape index (κ2) is 5.62. The molecule has 0 unspecified atom stereocenters. The van der Waals surface area contributed by atoms with Gasteiger partial charge in [-0.1, -0.05) is 15.9 Å². The zero-order chi connectivity index (χ0) is 15.9. The maximum atomic E-state index is 12.6. The average Bonchev–Trinajstić information content (AvgIpc) is 2.53. The average molecular weight is 438 g/mol. The standard InChI is InChI=1S/C12H14Br2N4O2S/c1-6-11(7(2)18(3)16-6)17-21(19,20)12-9(14)4-8(13)5-10(12)15/h4-5,17H,15H2,1-3H3. The Hall–Kier alpha value is -1.06. The van der Waals surface area contributed by atoms with Crippen LogP contribution in [-0.4, -0.2) is 18.2 Å². The number of aromatic nitrogens is 2. The Bertz CT molecular complexity index is 792. The third-order valence-electron chi connectivity index (χ3n) is 3.05. The van der Waals surface area contributed by atoms with Crippen molar-refractivity contribution in [3.63, 3.8) is 0 Å². The molecule has 0 aliphatic heterocycles. The lowest BCUT2D eigenvalue weighted by atomic mass is 10.3. The molecule has 6 nitrogen and oxygen atoms in total. The molecular formula is C12H14Br2N4O2S. The predicted molar refractivity (Wildman–Crippen MR) is 89.7 cm³/mol. The van der Waals surface area contributed by atoms with E-state index >= 15 is 0 Å². The van der Waals surface area contributed by atoms with Gasteiger partial charge < -0.3 is 5.73 Å². The van der Waals surface area contributed by atoms with Crippen LogP contribution >= 0.6 is 31.9 Å². The van der Waals surface area contributed by atoms with Crippen LogP contribution in [0.2, 0.25) is 0 Å². The van der Waals surface area contributed by atoms with Crippen LogP contribution in [0.3, 0.4) is 0 Å². The van der Waals surface area contributed by atoms with Crippen molar-refractivity contribution in [2.75, 3.05) is 10.5 Å². The topological polar surface area (TPSA) is 90.0 Å². The lowest BCUT2D eigenvalue weighted by molar-refractivity contribution is 0.601. The Morgan fingerprint density at radius 3 is 2.38 bits per heavy atom. The fraction of sp³-hybridized carbons (Fsp3) is 0.250. The number of aryl methyl sites for hydroxylation is 2. The second-order valence-electron chi connectivity index (χ2n) is 4.58. The second-order valence-corrected chi connectivity index (χ2v) is 7.97. The number of nitrogens with one attached hydrogen (secondary N) is 1. The van der Waals surface area contributed by atoms with Crippen LogP contribution in [0.1, 0.15) is 11.4 Å². The summed E-state index contributed by atoms with van der Waals surface area (Å²) in [4.78, 5) is 0.00773. The zero-order valence-corrected chi connectivity index (χ0v) is 15.6. The smallest absolute Gasteiger partial charge is 0.265 e. The molecule has 1 aromatic carbocycles. The van der Waals surface area contributed by atoms with Gasteiger partial charge in [0, 0.05) is 16.0 Å². The van der Waals surface area contributed by atoms with Crippen LogP contribution in [0.15, 0.2) is 26.0 Å². The summed E-state index contributed by atoms with van der Waals surface area (Å²) in [5, 5.41) is 4.19.